The van der Waals surface area contributed by atoms with Gasteiger partial charge in [0, 0.05) is 19.6 Å². The van der Waals surface area contributed by atoms with E-state index in [9.17, 15) is 4.79 Å². The minimum atomic E-state index is 0.0187. The fourth-order valence-corrected chi connectivity index (χ4v) is 2.26. The molecular formula is C13H16N2O3. The summed E-state index contributed by atoms with van der Waals surface area (Å²) < 4.78 is 10.5. The van der Waals surface area contributed by atoms with E-state index >= 15 is 0 Å². The molecule has 1 aromatic rings. The van der Waals surface area contributed by atoms with Gasteiger partial charge in [-0.3, -0.25) is 0 Å². The van der Waals surface area contributed by atoms with Crippen molar-refractivity contribution in [1.82, 2.24) is 10.2 Å². The zero-order valence-electron chi connectivity index (χ0n) is 10.1. The molecule has 2 amide bonds. The number of nitrogens with zero attached hydrogens (tertiary/aromatic N) is 1. The molecular weight excluding hydrogens is 232 g/mol. The van der Waals surface area contributed by atoms with E-state index in [2.05, 4.69) is 5.32 Å². The number of urea groups is 1. The Morgan fingerprint density at radius 2 is 2.00 bits per heavy atom. The van der Waals surface area contributed by atoms with E-state index < -0.39 is 0 Å². The fourth-order valence-electron chi connectivity index (χ4n) is 2.26. The molecule has 1 saturated heterocycles. The smallest absolute Gasteiger partial charge is 0.317 e. The third kappa shape index (κ3) is 2.20. The molecule has 3 rings (SSSR count). The maximum atomic E-state index is 11.8. The Morgan fingerprint density at radius 1 is 1.22 bits per heavy atom. The summed E-state index contributed by atoms with van der Waals surface area (Å²) in [5, 5.41) is 2.92. The number of carbonyl (C=O) groups is 1. The van der Waals surface area contributed by atoms with Crippen LogP contribution in [0.15, 0.2) is 18.2 Å². The third-order valence-corrected chi connectivity index (χ3v) is 3.27. The highest BCUT2D eigenvalue weighted by Gasteiger charge is 2.18. The van der Waals surface area contributed by atoms with E-state index in [1.807, 2.05) is 23.1 Å². The van der Waals surface area contributed by atoms with Crippen LogP contribution in [-0.4, -0.2) is 30.8 Å². The van der Waals surface area contributed by atoms with Crippen LogP contribution in [0.5, 0.6) is 11.5 Å². The van der Waals surface area contributed by atoms with Gasteiger partial charge < -0.3 is 19.7 Å². The van der Waals surface area contributed by atoms with E-state index in [1.165, 1.54) is 0 Å². The topological polar surface area (TPSA) is 50.8 Å². The molecule has 0 aliphatic carbocycles. The fraction of sp³-hybridized carbons (Fsp3) is 0.462. The number of nitrogens with one attached hydrogen (secondary N) is 1. The van der Waals surface area contributed by atoms with E-state index in [0.717, 1.165) is 43.0 Å². The van der Waals surface area contributed by atoms with Crippen molar-refractivity contribution >= 4 is 6.03 Å². The maximum Gasteiger partial charge on any atom is 0.317 e. The van der Waals surface area contributed by atoms with Crippen molar-refractivity contribution in [2.24, 2.45) is 0 Å². The number of fused-ring (bicyclic) bond motifs is 1. The number of carbonyl (C=O) groups excluding carboxylic acids is 1. The number of benzene rings is 1. The van der Waals surface area contributed by atoms with Gasteiger partial charge in [-0.25, -0.2) is 4.79 Å². The molecule has 2 heterocycles. The molecule has 18 heavy (non-hydrogen) atoms. The Kier molecular flexibility index (Phi) is 2.96. The van der Waals surface area contributed by atoms with Gasteiger partial charge in [-0.05, 0) is 30.5 Å². The van der Waals surface area contributed by atoms with Gasteiger partial charge in [0.25, 0.3) is 0 Å². The first-order chi connectivity index (χ1) is 8.83. The molecule has 2 aliphatic heterocycles. The lowest BCUT2D eigenvalue weighted by Gasteiger charge is -2.16. The van der Waals surface area contributed by atoms with Crippen molar-refractivity contribution in [3.8, 4) is 11.5 Å². The summed E-state index contributed by atoms with van der Waals surface area (Å²) in [6.07, 6.45) is 2.22. The van der Waals surface area contributed by atoms with Crippen LogP contribution < -0.4 is 14.8 Å². The monoisotopic (exact) mass is 248 g/mol. The van der Waals surface area contributed by atoms with Crippen LogP contribution in [0.25, 0.3) is 0 Å². The Morgan fingerprint density at radius 3 is 2.83 bits per heavy atom. The molecule has 5 heteroatoms. The van der Waals surface area contributed by atoms with Crippen LogP contribution in [0.3, 0.4) is 0 Å². The average molecular weight is 248 g/mol. The zero-order valence-corrected chi connectivity index (χ0v) is 10.1. The summed E-state index contributed by atoms with van der Waals surface area (Å²) in [5.74, 6) is 1.52. The highest BCUT2D eigenvalue weighted by Crippen LogP contribution is 2.32. The van der Waals surface area contributed by atoms with Crippen molar-refractivity contribution in [2.45, 2.75) is 19.4 Å². The van der Waals surface area contributed by atoms with Crippen molar-refractivity contribution in [1.29, 1.82) is 0 Å². The molecule has 0 spiro atoms. The SMILES string of the molecule is O=C(NCc1ccc2c(c1)OCO2)N1CCCC1. The van der Waals surface area contributed by atoms with Crippen molar-refractivity contribution in [3.05, 3.63) is 23.8 Å². The van der Waals surface area contributed by atoms with Gasteiger partial charge in [-0.15, -0.1) is 0 Å². The number of hydrogen-bond donors (Lipinski definition) is 1. The Hall–Kier alpha value is -1.91. The molecule has 0 radical (unpaired) electrons. The van der Waals surface area contributed by atoms with Crippen LogP contribution in [0, 0.1) is 0 Å². The summed E-state index contributed by atoms with van der Waals surface area (Å²) in [7, 11) is 0. The number of rotatable bonds is 2. The Balaban J connectivity index is 1.58. The van der Waals surface area contributed by atoms with E-state index in [-0.39, 0.29) is 12.8 Å². The van der Waals surface area contributed by atoms with Crippen LogP contribution in [0.1, 0.15) is 18.4 Å². The van der Waals surface area contributed by atoms with Crippen molar-refractivity contribution in [3.63, 3.8) is 0 Å². The van der Waals surface area contributed by atoms with E-state index in [4.69, 9.17) is 9.47 Å². The molecule has 0 unspecified atom stereocenters. The third-order valence-electron chi connectivity index (χ3n) is 3.27. The minimum Gasteiger partial charge on any atom is -0.454 e. The van der Waals surface area contributed by atoms with Gasteiger partial charge >= 0.3 is 6.03 Å². The highest BCUT2D eigenvalue weighted by atomic mass is 16.7. The van der Waals surface area contributed by atoms with Gasteiger partial charge in [0.1, 0.15) is 0 Å². The number of hydrogen-bond acceptors (Lipinski definition) is 3. The summed E-state index contributed by atoms with van der Waals surface area (Å²) in [6.45, 7) is 2.53. The lowest BCUT2D eigenvalue weighted by Crippen LogP contribution is -2.37. The van der Waals surface area contributed by atoms with E-state index in [0.29, 0.717) is 6.54 Å². The molecule has 1 N–H and O–H groups in total. The first kappa shape index (κ1) is 11.2. The van der Waals surface area contributed by atoms with Gasteiger partial charge in [-0.2, -0.15) is 0 Å². The normalized spacial score (nSPS) is 17.0. The summed E-state index contributed by atoms with van der Waals surface area (Å²) in [6, 6.07) is 5.74. The van der Waals surface area contributed by atoms with E-state index in [1.54, 1.807) is 0 Å². The maximum absolute atomic E-state index is 11.8. The second-order valence-corrected chi connectivity index (χ2v) is 4.54. The molecule has 5 nitrogen and oxygen atoms in total. The number of amides is 2. The molecule has 0 bridgehead atoms. The molecule has 0 atom stereocenters. The minimum absolute atomic E-state index is 0.0187. The number of ether oxygens (including phenoxy) is 2. The van der Waals surface area contributed by atoms with Crippen LogP contribution in [0.4, 0.5) is 4.79 Å². The standard InChI is InChI=1S/C13H16N2O3/c16-13(15-5-1-2-6-15)14-8-10-3-4-11-12(7-10)18-9-17-11/h3-4,7H,1-2,5-6,8-9H2,(H,14,16). The predicted molar refractivity (Wildman–Crippen MR) is 65.6 cm³/mol. The summed E-state index contributed by atoms with van der Waals surface area (Å²) in [5.41, 5.74) is 1.02. The van der Waals surface area contributed by atoms with Crippen LogP contribution >= 0.6 is 0 Å². The first-order valence-electron chi connectivity index (χ1n) is 6.24. The summed E-state index contributed by atoms with van der Waals surface area (Å²) >= 11 is 0. The first-order valence-corrected chi connectivity index (χ1v) is 6.24. The van der Waals surface area contributed by atoms with Crippen molar-refractivity contribution in [2.75, 3.05) is 19.9 Å². The predicted octanol–water partition coefficient (Wildman–Crippen LogP) is 1.72. The number of likely N-dealkylation sites (tertiary alicyclic amines) is 1. The van der Waals surface area contributed by atoms with Gasteiger partial charge in [0.2, 0.25) is 6.79 Å². The molecule has 0 saturated carbocycles. The quantitative estimate of drug-likeness (QED) is 0.867. The second kappa shape index (κ2) is 4.76. The largest absolute Gasteiger partial charge is 0.454 e. The molecule has 96 valence electrons. The second-order valence-electron chi connectivity index (χ2n) is 4.54. The molecule has 1 aromatic carbocycles. The zero-order chi connectivity index (χ0) is 12.4. The highest BCUT2D eigenvalue weighted by molar-refractivity contribution is 5.74. The lowest BCUT2D eigenvalue weighted by atomic mass is 10.2. The van der Waals surface area contributed by atoms with Crippen molar-refractivity contribution < 1.29 is 14.3 Å². The van der Waals surface area contributed by atoms with Gasteiger partial charge in [-0.1, -0.05) is 6.07 Å². The molecule has 1 fully saturated rings. The Labute approximate surface area is 106 Å². The van der Waals surface area contributed by atoms with Gasteiger partial charge in [0.15, 0.2) is 11.5 Å². The van der Waals surface area contributed by atoms with Gasteiger partial charge in [0.05, 0.1) is 0 Å². The average Bonchev–Trinajstić information content (AvgIpc) is 3.05. The summed E-state index contributed by atoms with van der Waals surface area (Å²) in [4.78, 5) is 13.7. The molecule has 0 aromatic heterocycles. The Bertz CT molecular complexity index is 456. The van der Waals surface area contributed by atoms with Crippen LogP contribution in [0.2, 0.25) is 0 Å². The lowest BCUT2D eigenvalue weighted by molar-refractivity contribution is 0.174. The van der Waals surface area contributed by atoms with Crippen LogP contribution in [-0.2, 0) is 6.54 Å². The molecule has 2 aliphatic rings.